The maximum Gasteiger partial charge on any atom is 0.132 e. The summed E-state index contributed by atoms with van der Waals surface area (Å²) in [5, 5.41) is 20.8. The third-order valence-corrected chi connectivity index (χ3v) is 4.15. The number of hydrogen-bond donors (Lipinski definition) is 2. The van der Waals surface area contributed by atoms with Gasteiger partial charge in [0, 0.05) is 11.6 Å². The van der Waals surface area contributed by atoms with E-state index in [1.165, 1.54) is 19.2 Å². The van der Waals surface area contributed by atoms with Crippen molar-refractivity contribution in [1.82, 2.24) is 0 Å². The third-order valence-electron chi connectivity index (χ3n) is 4.15. The Kier molecular flexibility index (Phi) is 4.11. The summed E-state index contributed by atoms with van der Waals surface area (Å²) in [6, 6.07) is 4.30. The van der Waals surface area contributed by atoms with Crippen LogP contribution < -0.4 is 4.74 Å². The van der Waals surface area contributed by atoms with Crippen molar-refractivity contribution in [2.45, 2.75) is 44.3 Å². The molecule has 1 aliphatic rings. The number of ether oxygens (including phenoxy) is 1. The maximum atomic E-state index is 13.9. The predicted molar refractivity (Wildman–Crippen MR) is 70.5 cm³/mol. The standard InChI is InChI=1S/C15H21FO3/c1-10-5-7-15(18,8-6-10)14(17)12-4-3-11(19-2)9-13(12)16/h3-4,9-10,14,17-18H,5-8H2,1-2H3. The first-order valence-electron chi connectivity index (χ1n) is 6.70. The first-order chi connectivity index (χ1) is 8.96. The number of methoxy groups -OCH3 is 1. The molecule has 0 radical (unpaired) electrons. The van der Waals surface area contributed by atoms with Gasteiger partial charge in [-0.15, -0.1) is 0 Å². The zero-order chi connectivity index (χ0) is 14.0. The largest absolute Gasteiger partial charge is 0.497 e. The minimum atomic E-state index is -1.22. The number of halogens is 1. The van der Waals surface area contributed by atoms with Gasteiger partial charge in [0.05, 0.1) is 12.7 Å². The number of hydrogen-bond acceptors (Lipinski definition) is 3. The smallest absolute Gasteiger partial charge is 0.132 e. The van der Waals surface area contributed by atoms with E-state index < -0.39 is 17.5 Å². The summed E-state index contributed by atoms with van der Waals surface area (Å²) in [6.45, 7) is 2.12. The van der Waals surface area contributed by atoms with Crippen LogP contribution in [0.1, 0.15) is 44.3 Å². The van der Waals surface area contributed by atoms with E-state index in [0.29, 0.717) is 24.5 Å². The van der Waals surface area contributed by atoms with E-state index in [0.717, 1.165) is 12.8 Å². The monoisotopic (exact) mass is 268 g/mol. The summed E-state index contributed by atoms with van der Waals surface area (Å²) in [6.07, 6.45) is 1.52. The normalized spacial score (nSPS) is 29.0. The van der Waals surface area contributed by atoms with E-state index in [9.17, 15) is 14.6 Å². The van der Waals surface area contributed by atoms with Crippen LogP contribution in [0.4, 0.5) is 4.39 Å². The molecule has 1 aromatic carbocycles. The second-order valence-electron chi connectivity index (χ2n) is 5.58. The summed E-state index contributed by atoms with van der Waals surface area (Å²) in [5.74, 6) is 0.407. The number of rotatable bonds is 3. The lowest BCUT2D eigenvalue weighted by Crippen LogP contribution is -2.40. The minimum absolute atomic E-state index is 0.137. The van der Waals surface area contributed by atoms with E-state index in [1.807, 2.05) is 0 Å². The van der Waals surface area contributed by atoms with Crippen LogP contribution in [0.2, 0.25) is 0 Å². The molecule has 2 rings (SSSR count). The van der Waals surface area contributed by atoms with Gasteiger partial charge in [0.2, 0.25) is 0 Å². The highest BCUT2D eigenvalue weighted by Gasteiger charge is 2.40. The van der Waals surface area contributed by atoms with Gasteiger partial charge in [0.15, 0.2) is 0 Å². The molecular formula is C15H21FO3. The van der Waals surface area contributed by atoms with Crippen molar-refractivity contribution in [2.24, 2.45) is 5.92 Å². The van der Waals surface area contributed by atoms with Gasteiger partial charge in [0.1, 0.15) is 17.7 Å². The fourth-order valence-electron chi connectivity index (χ4n) is 2.68. The van der Waals surface area contributed by atoms with E-state index in [1.54, 1.807) is 6.07 Å². The van der Waals surface area contributed by atoms with Crippen molar-refractivity contribution >= 4 is 0 Å². The second-order valence-corrected chi connectivity index (χ2v) is 5.58. The quantitative estimate of drug-likeness (QED) is 0.886. The van der Waals surface area contributed by atoms with Gasteiger partial charge >= 0.3 is 0 Å². The van der Waals surface area contributed by atoms with Crippen molar-refractivity contribution in [3.63, 3.8) is 0 Å². The Balaban J connectivity index is 2.21. The van der Waals surface area contributed by atoms with Crippen molar-refractivity contribution < 1.29 is 19.3 Å². The summed E-state index contributed by atoms with van der Waals surface area (Å²) in [5.41, 5.74) is -1.08. The van der Waals surface area contributed by atoms with Crippen LogP contribution in [-0.4, -0.2) is 22.9 Å². The molecule has 0 saturated heterocycles. The molecule has 1 aromatic rings. The summed E-state index contributed by atoms with van der Waals surface area (Å²) < 4.78 is 18.9. The zero-order valence-corrected chi connectivity index (χ0v) is 11.4. The highest BCUT2D eigenvalue weighted by atomic mass is 19.1. The molecule has 1 fully saturated rings. The molecule has 0 spiro atoms. The number of benzene rings is 1. The van der Waals surface area contributed by atoms with Gasteiger partial charge in [0.25, 0.3) is 0 Å². The Bertz CT molecular complexity index is 439. The lowest BCUT2D eigenvalue weighted by Gasteiger charge is -2.38. The van der Waals surface area contributed by atoms with Crippen LogP contribution in [0.25, 0.3) is 0 Å². The molecule has 0 amide bonds. The molecule has 19 heavy (non-hydrogen) atoms. The van der Waals surface area contributed by atoms with Crippen molar-refractivity contribution in [2.75, 3.05) is 7.11 Å². The summed E-state index contributed by atoms with van der Waals surface area (Å²) >= 11 is 0. The van der Waals surface area contributed by atoms with Gasteiger partial charge < -0.3 is 14.9 Å². The zero-order valence-electron chi connectivity index (χ0n) is 11.4. The van der Waals surface area contributed by atoms with Gasteiger partial charge in [-0.05, 0) is 43.7 Å². The van der Waals surface area contributed by atoms with Crippen molar-refractivity contribution in [3.05, 3.63) is 29.6 Å². The molecule has 1 aliphatic carbocycles. The first kappa shape index (κ1) is 14.3. The Morgan fingerprint density at radius 1 is 1.37 bits per heavy atom. The Hall–Kier alpha value is -1.13. The highest BCUT2D eigenvalue weighted by Crippen LogP contribution is 2.41. The molecular weight excluding hydrogens is 247 g/mol. The molecule has 0 bridgehead atoms. The van der Waals surface area contributed by atoms with E-state index >= 15 is 0 Å². The molecule has 1 atom stereocenters. The second kappa shape index (κ2) is 5.47. The van der Waals surface area contributed by atoms with Crippen LogP contribution in [-0.2, 0) is 0 Å². The van der Waals surface area contributed by atoms with Gasteiger partial charge in [-0.25, -0.2) is 4.39 Å². The topological polar surface area (TPSA) is 49.7 Å². The van der Waals surface area contributed by atoms with E-state index in [-0.39, 0.29) is 5.56 Å². The van der Waals surface area contributed by atoms with Gasteiger partial charge in [-0.3, -0.25) is 0 Å². The maximum absolute atomic E-state index is 13.9. The molecule has 0 aliphatic heterocycles. The molecule has 106 valence electrons. The number of aliphatic hydroxyl groups is 2. The third kappa shape index (κ3) is 2.90. The average molecular weight is 268 g/mol. The van der Waals surface area contributed by atoms with Crippen molar-refractivity contribution in [3.8, 4) is 5.75 Å². The first-order valence-corrected chi connectivity index (χ1v) is 6.70. The summed E-state index contributed by atoms with van der Waals surface area (Å²) in [7, 11) is 1.46. The molecule has 1 saturated carbocycles. The lowest BCUT2D eigenvalue weighted by atomic mass is 9.75. The molecule has 1 unspecified atom stereocenters. The van der Waals surface area contributed by atoms with E-state index in [2.05, 4.69) is 6.92 Å². The minimum Gasteiger partial charge on any atom is -0.497 e. The Morgan fingerprint density at radius 2 is 2.00 bits per heavy atom. The van der Waals surface area contributed by atoms with Crippen LogP contribution in [0.3, 0.4) is 0 Å². The van der Waals surface area contributed by atoms with E-state index in [4.69, 9.17) is 4.74 Å². The number of aliphatic hydroxyl groups excluding tert-OH is 1. The Morgan fingerprint density at radius 3 is 2.53 bits per heavy atom. The van der Waals surface area contributed by atoms with Gasteiger partial charge in [-0.1, -0.05) is 6.92 Å². The van der Waals surface area contributed by atoms with Gasteiger partial charge in [-0.2, -0.15) is 0 Å². The lowest BCUT2D eigenvalue weighted by molar-refractivity contribution is -0.106. The highest BCUT2D eigenvalue weighted by molar-refractivity contribution is 5.31. The Labute approximate surface area is 113 Å². The fourth-order valence-corrected chi connectivity index (χ4v) is 2.68. The molecule has 2 N–H and O–H groups in total. The van der Waals surface area contributed by atoms with Crippen molar-refractivity contribution in [1.29, 1.82) is 0 Å². The van der Waals surface area contributed by atoms with Crippen LogP contribution >= 0.6 is 0 Å². The molecule has 0 aromatic heterocycles. The van der Waals surface area contributed by atoms with Crippen LogP contribution in [0, 0.1) is 11.7 Å². The fraction of sp³-hybridized carbons (Fsp3) is 0.600. The molecule has 3 nitrogen and oxygen atoms in total. The molecule has 4 heteroatoms. The van der Waals surface area contributed by atoms with Crippen LogP contribution in [0.5, 0.6) is 5.75 Å². The predicted octanol–water partition coefficient (Wildman–Crippen LogP) is 2.81. The van der Waals surface area contributed by atoms with Crippen LogP contribution in [0.15, 0.2) is 18.2 Å². The average Bonchev–Trinajstić information content (AvgIpc) is 2.41. The summed E-state index contributed by atoms with van der Waals surface area (Å²) in [4.78, 5) is 0. The molecule has 0 heterocycles. The SMILES string of the molecule is COc1ccc(C(O)C2(O)CCC(C)CC2)c(F)c1.